The van der Waals surface area contributed by atoms with Crippen LogP contribution in [-0.2, 0) is 4.74 Å². The van der Waals surface area contributed by atoms with Crippen molar-refractivity contribution in [3.05, 3.63) is 35.4 Å². The van der Waals surface area contributed by atoms with Crippen molar-refractivity contribution in [3.8, 4) is 0 Å². The summed E-state index contributed by atoms with van der Waals surface area (Å²) in [5.74, 6) is -1.02. The molecule has 1 N–H and O–H groups in total. The molecule has 1 aliphatic heterocycles. The summed E-state index contributed by atoms with van der Waals surface area (Å²) in [6, 6.07) is 2.97. The summed E-state index contributed by atoms with van der Waals surface area (Å²) in [4.78, 5) is 14.0. The summed E-state index contributed by atoms with van der Waals surface area (Å²) in [5.41, 5.74) is -0.441. The van der Waals surface area contributed by atoms with Crippen LogP contribution in [0.5, 0.6) is 0 Å². The second-order valence-electron chi connectivity index (χ2n) is 7.13. The van der Waals surface area contributed by atoms with Crippen LogP contribution < -0.4 is 5.32 Å². The van der Waals surface area contributed by atoms with Gasteiger partial charge in [-0.1, -0.05) is 6.92 Å². The molecule has 24 heavy (non-hydrogen) atoms. The van der Waals surface area contributed by atoms with Gasteiger partial charge in [-0.05, 0) is 58.4 Å². The number of nitrogens with zero attached hydrogens (tertiary/aromatic N) is 1. The smallest absolute Gasteiger partial charge is 0.410 e. The highest BCUT2D eigenvalue weighted by Gasteiger charge is 2.36. The van der Waals surface area contributed by atoms with Gasteiger partial charge in [0.1, 0.15) is 17.2 Å². The minimum atomic E-state index is -0.638. The van der Waals surface area contributed by atoms with Gasteiger partial charge in [0.15, 0.2) is 0 Å². The van der Waals surface area contributed by atoms with Crippen molar-refractivity contribution in [3.63, 3.8) is 0 Å². The number of benzene rings is 1. The largest absolute Gasteiger partial charge is 0.444 e. The van der Waals surface area contributed by atoms with Crippen molar-refractivity contribution < 1.29 is 18.3 Å². The molecule has 0 aliphatic carbocycles. The number of hydrogen-bond donors (Lipinski definition) is 1. The van der Waals surface area contributed by atoms with Crippen LogP contribution in [0.1, 0.15) is 52.1 Å². The van der Waals surface area contributed by atoms with Crippen LogP contribution in [0.15, 0.2) is 18.2 Å². The molecule has 1 aliphatic rings. The average molecular weight is 340 g/mol. The molecule has 1 fully saturated rings. The number of hydrogen-bond acceptors (Lipinski definition) is 3. The molecule has 1 aromatic carbocycles. The zero-order valence-electron chi connectivity index (χ0n) is 14.7. The second kappa shape index (κ2) is 7.47. The minimum Gasteiger partial charge on any atom is -0.444 e. The van der Waals surface area contributed by atoms with Crippen LogP contribution in [0.2, 0.25) is 0 Å². The Labute approximate surface area is 142 Å². The maximum Gasteiger partial charge on any atom is 0.410 e. The van der Waals surface area contributed by atoms with Crippen molar-refractivity contribution in [2.45, 2.75) is 58.2 Å². The zero-order chi connectivity index (χ0) is 17.9. The van der Waals surface area contributed by atoms with Crippen LogP contribution in [0.4, 0.5) is 13.6 Å². The highest BCUT2D eigenvalue weighted by molar-refractivity contribution is 5.69. The van der Waals surface area contributed by atoms with Gasteiger partial charge in [-0.15, -0.1) is 0 Å². The summed E-state index contributed by atoms with van der Waals surface area (Å²) in [6.07, 6.45) is 0.777. The van der Waals surface area contributed by atoms with E-state index < -0.39 is 29.4 Å². The van der Waals surface area contributed by atoms with Gasteiger partial charge < -0.3 is 15.0 Å². The van der Waals surface area contributed by atoms with Crippen LogP contribution in [-0.4, -0.2) is 35.7 Å². The van der Waals surface area contributed by atoms with Crippen molar-refractivity contribution in [1.29, 1.82) is 0 Å². The third kappa shape index (κ3) is 4.66. The number of nitrogens with one attached hydrogen (secondary N) is 1. The second-order valence-corrected chi connectivity index (χ2v) is 7.13. The Bertz CT molecular complexity index is 587. The van der Waals surface area contributed by atoms with Gasteiger partial charge in [0.05, 0.1) is 6.04 Å². The summed E-state index contributed by atoms with van der Waals surface area (Å²) in [7, 11) is 0. The summed E-state index contributed by atoms with van der Waals surface area (Å²) in [5, 5.41) is 3.33. The Morgan fingerprint density at radius 2 is 2.08 bits per heavy atom. The average Bonchev–Trinajstić information content (AvgIpc) is 2.48. The topological polar surface area (TPSA) is 41.6 Å². The van der Waals surface area contributed by atoms with E-state index in [9.17, 15) is 13.6 Å². The number of likely N-dealkylation sites (tertiary alicyclic amines) is 1. The first-order chi connectivity index (χ1) is 11.2. The third-order valence-corrected chi connectivity index (χ3v) is 4.04. The first-order valence-corrected chi connectivity index (χ1v) is 8.39. The fraction of sp³-hybridized carbons (Fsp3) is 0.611. The summed E-state index contributed by atoms with van der Waals surface area (Å²) >= 11 is 0. The number of rotatable bonds is 3. The van der Waals surface area contributed by atoms with E-state index in [-0.39, 0.29) is 11.6 Å². The Hall–Kier alpha value is -1.69. The monoisotopic (exact) mass is 340 g/mol. The normalized spacial score (nSPS) is 21.7. The fourth-order valence-corrected chi connectivity index (χ4v) is 3.04. The van der Waals surface area contributed by atoms with Crippen LogP contribution >= 0.6 is 0 Å². The number of ether oxygens (including phenoxy) is 1. The number of amides is 1. The fourth-order valence-electron chi connectivity index (χ4n) is 3.04. The van der Waals surface area contributed by atoms with E-state index in [1.807, 2.05) is 6.92 Å². The lowest BCUT2D eigenvalue weighted by atomic mass is 9.91. The molecule has 0 aromatic heterocycles. The highest BCUT2D eigenvalue weighted by Crippen LogP contribution is 2.34. The molecule has 0 bridgehead atoms. The standard InChI is InChI=1S/C18H26F2N2O2/c1-5-21-13-8-9-22(17(23)24-18(2,3)4)16(11-13)14-10-12(19)6-7-15(14)20/h6-7,10,13,16,21H,5,8-9,11H2,1-4H3/t13?,16-/m0/s1. The van der Waals surface area contributed by atoms with Gasteiger partial charge in [-0.2, -0.15) is 0 Å². The van der Waals surface area contributed by atoms with Crippen LogP contribution in [0, 0.1) is 11.6 Å². The Kier molecular flexibility index (Phi) is 5.80. The molecule has 134 valence electrons. The lowest BCUT2D eigenvalue weighted by molar-refractivity contribution is 0.00623. The van der Waals surface area contributed by atoms with E-state index in [0.29, 0.717) is 13.0 Å². The van der Waals surface area contributed by atoms with E-state index in [2.05, 4.69) is 5.32 Å². The Balaban J connectivity index is 2.30. The molecule has 0 spiro atoms. The number of piperidine rings is 1. The first-order valence-electron chi connectivity index (χ1n) is 8.39. The highest BCUT2D eigenvalue weighted by atomic mass is 19.1. The number of carbonyl (C=O) groups is 1. The lowest BCUT2D eigenvalue weighted by Gasteiger charge is -2.40. The van der Waals surface area contributed by atoms with E-state index in [1.165, 1.54) is 11.0 Å². The lowest BCUT2D eigenvalue weighted by Crippen LogP contribution is -2.48. The molecule has 1 amide bonds. The van der Waals surface area contributed by atoms with Crippen molar-refractivity contribution in [2.24, 2.45) is 0 Å². The van der Waals surface area contributed by atoms with Gasteiger partial charge in [-0.25, -0.2) is 13.6 Å². The molecule has 4 nitrogen and oxygen atoms in total. The predicted molar refractivity (Wildman–Crippen MR) is 88.7 cm³/mol. The van der Waals surface area contributed by atoms with E-state index in [4.69, 9.17) is 4.74 Å². The Morgan fingerprint density at radius 1 is 1.38 bits per heavy atom. The summed E-state index contributed by atoms with van der Waals surface area (Å²) in [6.45, 7) is 8.58. The molecule has 6 heteroatoms. The molecular weight excluding hydrogens is 314 g/mol. The van der Waals surface area contributed by atoms with Crippen molar-refractivity contribution in [1.82, 2.24) is 10.2 Å². The maximum atomic E-state index is 14.3. The molecular formula is C18H26F2N2O2. The van der Waals surface area contributed by atoms with Gasteiger partial charge in [0.2, 0.25) is 0 Å². The van der Waals surface area contributed by atoms with E-state index in [0.717, 1.165) is 25.1 Å². The maximum absolute atomic E-state index is 14.3. The van der Waals surface area contributed by atoms with Gasteiger partial charge in [0, 0.05) is 18.2 Å². The molecule has 2 atom stereocenters. The molecule has 1 aromatic rings. The molecule has 2 rings (SSSR count). The molecule has 0 radical (unpaired) electrons. The Morgan fingerprint density at radius 3 is 2.71 bits per heavy atom. The SMILES string of the molecule is CCNC1CCN(C(=O)OC(C)(C)C)[C@H](c2cc(F)ccc2F)C1. The van der Waals surface area contributed by atoms with Gasteiger partial charge in [0.25, 0.3) is 0 Å². The van der Waals surface area contributed by atoms with Crippen LogP contribution in [0.3, 0.4) is 0 Å². The molecule has 0 saturated carbocycles. The van der Waals surface area contributed by atoms with Crippen molar-refractivity contribution in [2.75, 3.05) is 13.1 Å². The quantitative estimate of drug-likeness (QED) is 0.904. The van der Waals surface area contributed by atoms with Gasteiger partial charge >= 0.3 is 6.09 Å². The molecule has 1 unspecified atom stereocenters. The zero-order valence-corrected chi connectivity index (χ0v) is 14.7. The minimum absolute atomic E-state index is 0.154. The van der Waals surface area contributed by atoms with Crippen molar-refractivity contribution >= 4 is 6.09 Å². The van der Waals surface area contributed by atoms with Gasteiger partial charge in [-0.3, -0.25) is 0 Å². The number of halogens is 2. The molecule has 1 saturated heterocycles. The third-order valence-electron chi connectivity index (χ3n) is 4.04. The van der Waals surface area contributed by atoms with Crippen LogP contribution in [0.25, 0.3) is 0 Å². The number of carbonyl (C=O) groups excluding carboxylic acids is 1. The summed E-state index contributed by atoms with van der Waals surface area (Å²) < 4.78 is 33.4. The predicted octanol–water partition coefficient (Wildman–Crippen LogP) is 4.01. The first kappa shape index (κ1) is 18.6. The van der Waals surface area contributed by atoms with E-state index in [1.54, 1.807) is 20.8 Å². The molecule has 1 heterocycles. The van der Waals surface area contributed by atoms with E-state index >= 15 is 0 Å².